The van der Waals surface area contributed by atoms with Crippen LogP contribution in [0.1, 0.15) is 17.0 Å². The van der Waals surface area contributed by atoms with Crippen molar-refractivity contribution in [2.24, 2.45) is 4.99 Å². The lowest BCUT2D eigenvalue weighted by molar-refractivity contribution is 0.172. The van der Waals surface area contributed by atoms with Gasteiger partial charge in [-0.2, -0.15) is 4.99 Å². The normalized spacial score (nSPS) is 15.6. The van der Waals surface area contributed by atoms with E-state index >= 15 is 0 Å². The predicted octanol–water partition coefficient (Wildman–Crippen LogP) is 3.80. The summed E-state index contributed by atoms with van der Waals surface area (Å²) < 4.78 is 11.0. The summed E-state index contributed by atoms with van der Waals surface area (Å²) in [4.78, 5) is 18.4. The summed E-state index contributed by atoms with van der Waals surface area (Å²) in [6.45, 7) is 8.37. The van der Waals surface area contributed by atoms with E-state index in [9.17, 15) is 0 Å². The minimum Gasteiger partial charge on any atom is -0.454 e. The van der Waals surface area contributed by atoms with E-state index in [1.54, 1.807) is 0 Å². The molecule has 2 aliphatic rings. The molecular formula is C26H29N7O2S. The molecule has 2 aliphatic heterocycles. The van der Waals surface area contributed by atoms with Crippen molar-refractivity contribution >= 4 is 34.9 Å². The van der Waals surface area contributed by atoms with Crippen LogP contribution in [0.5, 0.6) is 11.5 Å². The maximum absolute atomic E-state index is 5.56. The van der Waals surface area contributed by atoms with Gasteiger partial charge in [-0.15, -0.1) is 0 Å². The van der Waals surface area contributed by atoms with Crippen LogP contribution in [0, 0.1) is 13.8 Å². The number of hydrogen-bond acceptors (Lipinski definition) is 6. The summed E-state index contributed by atoms with van der Waals surface area (Å²) >= 11 is 5.56. The Bertz CT molecular complexity index is 1240. The molecule has 36 heavy (non-hydrogen) atoms. The number of thiocarbonyl (C=S) groups is 1. The number of para-hydroxylation sites is 1. The highest BCUT2D eigenvalue weighted by Gasteiger charge is 2.22. The van der Waals surface area contributed by atoms with Crippen LogP contribution < -0.4 is 20.1 Å². The second kappa shape index (κ2) is 10.9. The number of guanidine groups is 1. The maximum atomic E-state index is 5.56. The Kier molecular flexibility index (Phi) is 7.24. The molecule has 2 N–H and O–H groups in total. The van der Waals surface area contributed by atoms with Gasteiger partial charge in [-0.25, -0.2) is 9.97 Å². The molecule has 2 aromatic carbocycles. The number of rotatable bonds is 4. The van der Waals surface area contributed by atoms with E-state index in [0.717, 1.165) is 61.3 Å². The molecule has 1 aromatic heterocycles. The van der Waals surface area contributed by atoms with E-state index in [4.69, 9.17) is 26.7 Å². The molecule has 0 atom stereocenters. The molecule has 0 spiro atoms. The number of aliphatic imine (C=N–C) groups is 1. The lowest BCUT2D eigenvalue weighted by Crippen LogP contribution is -2.50. The molecule has 186 valence electrons. The zero-order valence-corrected chi connectivity index (χ0v) is 21.2. The number of aromatic nitrogens is 2. The Morgan fingerprint density at radius 1 is 0.917 bits per heavy atom. The lowest BCUT2D eigenvalue weighted by Gasteiger charge is -2.36. The average molecular weight is 504 g/mol. The molecule has 0 unspecified atom stereocenters. The van der Waals surface area contributed by atoms with Gasteiger partial charge in [0.1, 0.15) is 0 Å². The summed E-state index contributed by atoms with van der Waals surface area (Å²) in [7, 11) is 0. The zero-order chi connectivity index (χ0) is 24.9. The number of hydrogen-bond donors (Lipinski definition) is 2. The summed E-state index contributed by atoms with van der Waals surface area (Å²) in [5.41, 5.74) is 3.88. The van der Waals surface area contributed by atoms with Crippen molar-refractivity contribution in [2.75, 3.05) is 43.6 Å². The van der Waals surface area contributed by atoms with Crippen LogP contribution >= 0.6 is 12.2 Å². The van der Waals surface area contributed by atoms with E-state index in [-0.39, 0.29) is 6.79 Å². The van der Waals surface area contributed by atoms with Crippen LogP contribution in [-0.2, 0) is 6.54 Å². The van der Waals surface area contributed by atoms with Crippen LogP contribution in [0.2, 0.25) is 0 Å². The minimum absolute atomic E-state index is 0.289. The monoisotopic (exact) mass is 503 g/mol. The van der Waals surface area contributed by atoms with Gasteiger partial charge < -0.3 is 19.7 Å². The van der Waals surface area contributed by atoms with Crippen molar-refractivity contribution in [3.8, 4) is 11.5 Å². The highest BCUT2D eigenvalue weighted by Crippen LogP contribution is 2.32. The molecule has 0 bridgehead atoms. The van der Waals surface area contributed by atoms with Gasteiger partial charge >= 0.3 is 0 Å². The molecule has 0 amide bonds. The summed E-state index contributed by atoms with van der Waals surface area (Å²) in [5.74, 6) is 2.77. The van der Waals surface area contributed by atoms with Crippen LogP contribution in [0.3, 0.4) is 0 Å². The fourth-order valence-corrected chi connectivity index (χ4v) is 4.45. The number of benzene rings is 2. The highest BCUT2D eigenvalue weighted by atomic mass is 32.1. The van der Waals surface area contributed by atoms with E-state index in [1.165, 1.54) is 5.56 Å². The molecule has 9 nitrogen and oxygen atoms in total. The van der Waals surface area contributed by atoms with Crippen LogP contribution in [0.25, 0.3) is 0 Å². The van der Waals surface area contributed by atoms with Gasteiger partial charge in [-0.1, -0.05) is 24.3 Å². The smallest absolute Gasteiger partial charge is 0.231 e. The van der Waals surface area contributed by atoms with Gasteiger partial charge in [0.15, 0.2) is 11.5 Å². The highest BCUT2D eigenvalue weighted by molar-refractivity contribution is 7.80. The number of nitrogens with one attached hydrogen (secondary N) is 2. The molecule has 0 saturated carbocycles. The van der Waals surface area contributed by atoms with Crippen LogP contribution in [0.15, 0.2) is 59.6 Å². The Morgan fingerprint density at radius 2 is 1.64 bits per heavy atom. The first-order valence-corrected chi connectivity index (χ1v) is 12.3. The van der Waals surface area contributed by atoms with Crippen LogP contribution in [0.4, 0.5) is 11.6 Å². The summed E-state index contributed by atoms with van der Waals surface area (Å²) in [5, 5.41) is 6.87. The largest absolute Gasteiger partial charge is 0.454 e. The standard InChI is InChI=1S/C26H29N7O2S/c1-18-14-19(2)28-24(27-18)30-25(31-26(36)29-21-6-4-3-5-7-21)33-12-10-32(11-13-33)16-20-8-9-22-23(15-20)35-17-34-22/h3-9,14-15H,10-13,16-17H2,1-2H3,(H2,27,28,29,30,31,36). The van der Waals surface area contributed by atoms with Gasteiger partial charge in [0, 0.05) is 49.8 Å². The molecular weight excluding hydrogens is 474 g/mol. The fourth-order valence-electron chi connectivity index (χ4n) is 4.24. The third-order valence-corrected chi connectivity index (χ3v) is 6.15. The summed E-state index contributed by atoms with van der Waals surface area (Å²) in [6.07, 6.45) is 0. The first-order valence-electron chi connectivity index (χ1n) is 11.9. The van der Waals surface area contributed by atoms with Crippen molar-refractivity contribution < 1.29 is 9.47 Å². The molecule has 5 rings (SSSR count). The molecule has 10 heteroatoms. The topological polar surface area (TPSA) is 87.1 Å². The number of ether oxygens (including phenoxy) is 2. The predicted molar refractivity (Wildman–Crippen MR) is 145 cm³/mol. The Hall–Kier alpha value is -3.76. The molecule has 0 radical (unpaired) electrons. The number of piperazine rings is 1. The van der Waals surface area contributed by atoms with Gasteiger partial charge in [0.2, 0.25) is 23.8 Å². The lowest BCUT2D eigenvalue weighted by atomic mass is 10.1. The van der Waals surface area contributed by atoms with Crippen molar-refractivity contribution in [3.63, 3.8) is 0 Å². The van der Waals surface area contributed by atoms with E-state index in [0.29, 0.717) is 17.0 Å². The third kappa shape index (κ3) is 6.07. The van der Waals surface area contributed by atoms with Gasteiger partial charge in [-0.3, -0.25) is 10.2 Å². The SMILES string of the molecule is Cc1cc(C)nc(N/C(=N/C(=S)Nc2ccccc2)N2CCN(Cc3ccc4c(c3)OCO4)CC2)n1. The van der Waals surface area contributed by atoms with Gasteiger partial charge in [0.05, 0.1) is 0 Å². The molecule has 1 saturated heterocycles. The van der Waals surface area contributed by atoms with Crippen LogP contribution in [-0.4, -0.2) is 63.8 Å². The number of aryl methyl sites for hydroxylation is 2. The quantitative estimate of drug-likeness (QED) is 0.314. The minimum atomic E-state index is 0.289. The first-order chi connectivity index (χ1) is 17.5. The van der Waals surface area contributed by atoms with E-state index in [2.05, 4.69) is 42.5 Å². The molecule has 3 heterocycles. The second-order valence-electron chi connectivity index (χ2n) is 8.78. The van der Waals surface area contributed by atoms with E-state index in [1.807, 2.05) is 56.3 Å². The van der Waals surface area contributed by atoms with Gasteiger partial charge in [0.25, 0.3) is 0 Å². The molecule has 0 aliphatic carbocycles. The number of anilines is 2. The van der Waals surface area contributed by atoms with Crippen molar-refractivity contribution in [1.29, 1.82) is 0 Å². The number of fused-ring (bicyclic) bond motifs is 1. The third-order valence-electron chi connectivity index (χ3n) is 5.95. The van der Waals surface area contributed by atoms with Crippen molar-refractivity contribution in [1.82, 2.24) is 19.8 Å². The fraction of sp³-hybridized carbons (Fsp3) is 0.308. The Labute approximate surface area is 216 Å². The van der Waals surface area contributed by atoms with E-state index < -0.39 is 0 Å². The summed E-state index contributed by atoms with van der Waals surface area (Å²) in [6, 6.07) is 17.9. The zero-order valence-electron chi connectivity index (χ0n) is 20.4. The maximum Gasteiger partial charge on any atom is 0.231 e. The van der Waals surface area contributed by atoms with Crippen molar-refractivity contribution in [2.45, 2.75) is 20.4 Å². The van der Waals surface area contributed by atoms with Gasteiger partial charge in [-0.05, 0) is 62.0 Å². The Morgan fingerprint density at radius 3 is 2.39 bits per heavy atom. The average Bonchev–Trinajstić information content (AvgIpc) is 3.32. The molecule has 3 aromatic rings. The molecule has 1 fully saturated rings. The first kappa shape index (κ1) is 24.0. The van der Waals surface area contributed by atoms with Crippen molar-refractivity contribution in [3.05, 3.63) is 71.5 Å². The Balaban J connectivity index is 1.28. The second-order valence-corrected chi connectivity index (χ2v) is 9.17. The number of nitrogens with zero attached hydrogens (tertiary/aromatic N) is 5.